The summed E-state index contributed by atoms with van der Waals surface area (Å²) in [5.74, 6) is -0.0240. The van der Waals surface area contributed by atoms with Gasteiger partial charge in [0.05, 0.1) is 6.61 Å². The van der Waals surface area contributed by atoms with Crippen LogP contribution in [0.4, 0.5) is 0 Å². The summed E-state index contributed by atoms with van der Waals surface area (Å²) in [7, 11) is 0. The SMILES string of the molecule is CCCC/C=C\CCCCCCCCC(=O)OCCC. The second-order valence-electron chi connectivity index (χ2n) is 5.49. The van der Waals surface area contributed by atoms with E-state index in [0.29, 0.717) is 13.0 Å². The van der Waals surface area contributed by atoms with Crippen molar-refractivity contribution in [3.8, 4) is 0 Å². The molecule has 0 aliphatic rings. The molecular formula is C18H34O2. The molecule has 0 amide bonds. The van der Waals surface area contributed by atoms with Crippen LogP contribution in [0.3, 0.4) is 0 Å². The van der Waals surface area contributed by atoms with Crippen molar-refractivity contribution in [2.24, 2.45) is 0 Å². The van der Waals surface area contributed by atoms with Crippen LogP contribution in [0.2, 0.25) is 0 Å². The third-order valence-electron chi connectivity index (χ3n) is 3.36. The second kappa shape index (κ2) is 16.3. The van der Waals surface area contributed by atoms with E-state index >= 15 is 0 Å². The molecule has 2 heteroatoms. The second-order valence-corrected chi connectivity index (χ2v) is 5.49. The van der Waals surface area contributed by atoms with E-state index in [4.69, 9.17) is 4.74 Å². The van der Waals surface area contributed by atoms with Crippen LogP contribution in [0.1, 0.15) is 90.9 Å². The molecule has 0 aromatic rings. The predicted molar refractivity (Wildman–Crippen MR) is 86.9 cm³/mol. The van der Waals surface area contributed by atoms with Gasteiger partial charge in [-0.25, -0.2) is 0 Å². The first-order chi connectivity index (χ1) is 9.81. The van der Waals surface area contributed by atoms with Gasteiger partial charge in [-0.2, -0.15) is 0 Å². The fourth-order valence-corrected chi connectivity index (χ4v) is 2.08. The molecule has 118 valence electrons. The highest BCUT2D eigenvalue weighted by Gasteiger charge is 2.01. The Bertz CT molecular complexity index is 234. The molecule has 0 unspecified atom stereocenters. The van der Waals surface area contributed by atoms with Crippen LogP contribution in [0, 0.1) is 0 Å². The Morgan fingerprint density at radius 1 is 0.800 bits per heavy atom. The molecule has 0 spiro atoms. The molecule has 20 heavy (non-hydrogen) atoms. The average Bonchev–Trinajstić information content (AvgIpc) is 2.46. The van der Waals surface area contributed by atoms with Crippen LogP contribution in [-0.2, 0) is 9.53 Å². The first-order valence-electron chi connectivity index (χ1n) is 8.61. The molecule has 2 nitrogen and oxygen atoms in total. The van der Waals surface area contributed by atoms with Crippen molar-refractivity contribution in [2.45, 2.75) is 90.9 Å². The fraction of sp³-hybridized carbons (Fsp3) is 0.833. The van der Waals surface area contributed by atoms with Crippen molar-refractivity contribution in [1.29, 1.82) is 0 Å². The van der Waals surface area contributed by atoms with E-state index in [-0.39, 0.29) is 5.97 Å². The Labute approximate surface area is 126 Å². The number of unbranched alkanes of at least 4 members (excludes halogenated alkanes) is 8. The van der Waals surface area contributed by atoms with E-state index in [1.165, 1.54) is 51.4 Å². The number of hydrogen-bond acceptors (Lipinski definition) is 2. The largest absolute Gasteiger partial charge is 0.466 e. The summed E-state index contributed by atoms with van der Waals surface area (Å²) < 4.78 is 5.04. The van der Waals surface area contributed by atoms with Crippen LogP contribution in [0.15, 0.2) is 12.2 Å². The molecule has 0 saturated carbocycles. The zero-order chi connectivity index (χ0) is 14.9. The third kappa shape index (κ3) is 15.3. The molecule has 0 bridgehead atoms. The summed E-state index contributed by atoms with van der Waals surface area (Å²) >= 11 is 0. The Hall–Kier alpha value is -0.790. The maximum Gasteiger partial charge on any atom is 0.305 e. The number of carbonyl (C=O) groups excluding carboxylic acids is 1. The predicted octanol–water partition coefficient (Wildman–Crippen LogP) is 5.81. The molecular weight excluding hydrogens is 248 g/mol. The summed E-state index contributed by atoms with van der Waals surface area (Å²) in [5, 5.41) is 0. The van der Waals surface area contributed by atoms with Gasteiger partial charge in [-0.3, -0.25) is 4.79 Å². The number of allylic oxidation sites excluding steroid dienone is 2. The number of rotatable bonds is 14. The summed E-state index contributed by atoms with van der Waals surface area (Å²) in [6.07, 6.45) is 18.6. The third-order valence-corrected chi connectivity index (χ3v) is 3.36. The molecule has 0 saturated heterocycles. The molecule has 0 fully saturated rings. The van der Waals surface area contributed by atoms with E-state index < -0.39 is 0 Å². The minimum absolute atomic E-state index is 0.0240. The van der Waals surface area contributed by atoms with E-state index in [1.807, 2.05) is 6.92 Å². The lowest BCUT2D eigenvalue weighted by atomic mass is 10.1. The summed E-state index contributed by atoms with van der Waals surface area (Å²) in [5.41, 5.74) is 0. The van der Waals surface area contributed by atoms with Crippen molar-refractivity contribution in [3.63, 3.8) is 0 Å². The lowest BCUT2D eigenvalue weighted by Crippen LogP contribution is -2.04. The van der Waals surface area contributed by atoms with Crippen LogP contribution >= 0.6 is 0 Å². The number of ether oxygens (including phenoxy) is 1. The minimum atomic E-state index is -0.0240. The van der Waals surface area contributed by atoms with Gasteiger partial charge in [-0.1, -0.05) is 64.5 Å². The topological polar surface area (TPSA) is 26.3 Å². The number of hydrogen-bond donors (Lipinski definition) is 0. The van der Waals surface area contributed by atoms with Crippen LogP contribution in [0.5, 0.6) is 0 Å². The number of esters is 1. The average molecular weight is 282 g/mol. The number of carbonyl (C=O) groups is 1. The van der Waals surface area contributed by atoms with Gasteiger partial charge in [0.25, 0.3) is 0 Å². The van der Waals surface area contributed by atoms with Crippen molar-refractivity contribution in [1.82, 2.24) is 0 Å². The Morgan fingerprint density at radius 2 is 1.40 bits per heavy atom. The van der Waals surface area contributed by atoms with Gasteiger partial charge >= 0.3 is 5.97 Å². The zero-order valence-electron chi connectivity index (χ0n) is 13.7. The molecule has 0 rings (SSSR count). The highest BCUT2D eigenvalue weighted by atomic mass is 16.5. The quantitative estimate of drug-likeness (QED) is 0.228. The first kappa shape index (κ1) is 19.2. The van der Waals surface area contributed by atoms with E-state index in [0.717, 1.165) is 19.3 Å². The summed E-state index contributed by atoms with van der Waals surface area (Å²) in [4.78, 5) is 11.3. The van der Waals surface area contributed by atoms with Gasteiger partial charge in [0.15, 0.2) is 0 Å². The lowest BCUT2D eigenvalue weighted by molar-refractivity contribution is -0.143. The van der Waals surface area contributed by atoms with Crippen molar-refractivity contribution in [2.75, 3.05) is 6.61 Å². The molecule has 0 aromatic heterocycles. The van der Waals surface area contributed by atoms with Crippen molar-refractivity contribution < 1.29 is 9.53 Å². The normalized spacial score (nSPS) is 11.1. The first-order valence-corrected chi connectivity index (χ1v) is 8.61. The van der Waals surface area contributed by atoms with E-state index in [9.17, 15) is 4.79 Å². The van der Waals surface area contributed by atoms with Crippen LogP contribution in [-0.4, -0.2) is 12.6 Å². The van der Waals surface area contributed by atoms with Gasteiger partial charge in [0.2, 0.25) is 0 Å². The molecule has 0 aliphatic heterocycles. The molecule has 0 aromatic carbocycles. The Kier molecular flexibility index (Phi) is 15.6. The minimum Gasteiger partial charge on any atom is -0.466 e. The van der Waals surface area contributed by atoms with Crippen molar-refractivity contribution >= 4 is 5.97 Å². The maximum atomic E-state index is 11.3. The molecule has 0 heterocycles. The molecule has 0 atom stereocenters. The van der Waals surface area contributed by atoms with Gasteiger partial charge in [-0.15, -0.1) is 0 Å². The van der Waals surface area contributed by atoms with Gasteiger partial charge in [-0.05, 0) is 32.1 Å². The van der Waals surface area contributed by atoms with Gasteiger partial charge in [0.1, 0.15) is 0 Å². The van der Waals surface area contributed by atoms with Gasteiger partial charge < -0.3 is 4.74 Å². The van der Waals surface area contributed by atoms with Crippen LogP contribution < -0.4 is 0 Å². The van der Waals surface area contributed by atoms with Gasteiger partial charge in [0, 0.05) is 6.42 Å². The maximum absolute atomic E-state index is 11.3. The highest BCUT2D eigenvalue weighted by molar-refractivity contribution is 5.69. The fourth-order valence-electron chi connectivity index (χ4n) is 2.08. The van der Waals surface area contributed by atoms with E-state index in [2.05, 4.69) is 19.1 Å². The Balaban J connectivity index is 3.13. The highest BCUT2D eigenvalue weighted by Crippen LogP contribution is 2.09. The summed E-state index contributed by atoms with van der Waals surface area (Å²) in [6.45, 7) is 4.83. The standard InChI is InChI=1S/C18H34O2/c1-3-5-6-7-8-9-10-11-12-13-14-15-16-18(19)20-17-4-2/h7-8H,3-6,9-17H2,1-2H3/b8-7-. The van der Waals surface area contributed by atoms with E-state index in [1.54, 1.807) is 0 Å². The molecule has 0 radical (unpaired) electrons. The smallest absolute Gasteiger partial charge is 0.305 e. The lowest BCUT2D eigenvalue weighted by Gasteiger charge is -2.03. The zero-order valence-corrected chi connectivity index (χ0v) is 13.7. The molecule has 0 aliphatic carbocycles. The van der Waals surface area contributed by atoms with Crippen LogP contribution in [0.25, 0.3) is 0 Å². The van der Waals surface area contributed by atoms with Crippen molar-refractivity contribution in [3.05, 3.63) is 12.2 Å². The monoisotopic (exact) mass is 282 g/mol. The molecule has 0 N–H and O–H groups in total. The summed E-state index contributed by atoms with van der Waals surface area (Å²) in [6, 6.07) is 0. The Morgan fingerprint density at radius 3 is 2.05 bits per heavy atom.